The topological polar surface area (TPSA) is 72.9 Å². The predicted molar refractivity (Wildman–Crippen MR) is 103 cm³/mol. The largest absolute Gasteiger partial charge is 0.351 e. The van der Waals surface area contributed by atoms with Crippen molar-refractivity contribution in [3.8, 4) is 0 Å². The van der Waals surface area contributed by atoms with Crippen LogP contribution in [0.25, 0.3) is 10.2 Å². The summed E-state index contributed by atoms with van der Waals surface area (Å²) in [4.78, 5) is 14.0. The van der Waals surface area contributed by atoms with E-state index in [9.17, 15) is 4.79 Å². The minimum atomic E-state index is -0.0646. The lowest BCUT2D eigenvalue weighted by Gasteiger charge is -2.08. The molecule has 3 N–H and O–H groups in total. The first kappa shape index (κ1) is 17.9. The van der Waals surface area contributed by atoms with E-state index in [-0.39, 0.29) is 11.8 Å². The normalized spacial score (nSPS) is 12.5. The molecule has 1 atom stereocenters. The number of hydrogen-bond acceptors (Lipinski definition) is 4. The number of aryl methyl sites for hydroxylation is 1. The smallest absolute Gasteiger partial charge is 0.261 e. The molecular weight excluding hydrogens is 356 g/mol. The molecule has 0 aliphatic heterocycles. The summed E-state index contributed by atoms with van der Waals surface area (Å²) in [6, 6.07) is 9.64. The number of thiophene rings is 1. The Bertz CT molecular complexity index is 902. The van der Waals surface area contributed by atoms with Crippen molar-refractivity contribution in [1.82, 2.24) is 15.1 Å². The molecule has 3 aromatic rings. The third kappa shape index (κ3) is 3.86. The first-order valence-electron chi connectivity index (χ1n) is 8.18. The van der Waals surface area contributed by atoms with Crippen LogP contribution in [0, 0.1) is 12.8 Å². The highest BCUT2D eigenvalue weighted by Crippen LogP contribution is 2.29. The van der Waals surface area contributed by atoms with Crippen LogP contribution in [-0.4, -0.2) is 28.8 Å². The number of fused-ring (bicyclic) bond motifs is 1. The van der Waals surface area contributed by atoms with Crippen LogP contribution < -0.4 is 11.1 Å². The van der Waals surface area contributed by atoms with Gasteiger partial charge in [0.1, 0.15) is 4.83 Å². The van der Waals surface area contributed by atoms with Crippen LogP contribution in [0.1, 0.15) is 27.9 Å². The molecular formula is C18H21ClN4OS. The zero-order valence-electron chi connectivity index (χ0n) is 14.3. The molecule has 0 spiro atoms. The fourth-order valence-corrected chi connectivity index (χ4v) is 3.83. The SMILES string of the molecule is Cc1nn(Cc2ccccc2Cl)c2sc(C(=O)NCC(C)CN)cc12. The number of carbonyl (C=O) groups is 1. The van der Waals surface area contributed by atoms with E-state index in [1.54, 1.807) is 0 Å². The number of nitrogens with zero attached hydrogens (tertiary/aromatic N) is 2. The van der Waals surface area contributed by atoms with Crippen LogP contribution in [0.4, 0.5) is 0 Å². The van der Waals surface area contributed by atoms with Gasteiger partial charge in [0.2, 0.25) is 0 Å². The lowest BCUT2D eigenvalue weighted by Crippen LogP contribution is -2.30. The van der Waals surface area contributed by atoms with Crippen molar-refractivity contribution in [3.05, 3.63) is 51.5 Å². The highest BCUT2D eigenvalue weighted by Gasteiger charge is 2.17. The molecule has 0 fully saturated rings. The third-order valence-electron chi connectivity index (χ3n) is 4.12. The second kappa shape index (κ2) is 7.56. The number of hydrogen-bond donors (Lipinski definition) is 2. The van der Waals surface area contributed by atoms with Gasteiger partial charge in [-0.3, -0.25) is 9.48 Å². The summed E-state index contributed by atoms with van der Waals surface area (Å²) in [6.07, 6.45) is 0. The number of carbonyl (C=O) groups excluding carboxylic acids is 1. The van der Waals surface area contributed by atoms with E-state index in [0.717, 1.165) is 21.5 Å². The second-order valence-corrected chi connectivity index (χ2v) is 7.65. The standard InChI is InChI=1S/C18H21ClN4OS/c1-11(8-20)9-21-17(24)16-7-14-12(2)22-23(18(14)25-16)10-13-5-3-4-6-15(13)19/h3-7,11H,8-10,20H2,1-2H3,(H,21,24). The molecule has 2 heterocycles. The minimum Gasteiger partial charge on any atom is -0.351 e. The van der Waals surface area contributed by atoms with E-state index in [2.05, 4.69) is 10.4 Å². The maximum absolute atomic E-state index is 12.4. The van der Waals surface area contributed by atoms with Crippen molar-refractivity contribution in [1.29, 1.82) is 0 Å². The molecule has 0 saturated carbocycles. The summed E-state index contributed by atoms with van der Waals surface area (Å²) < 4.78 is 1.91. The van der Waals surface area contributed by atoms with Gasteiger partial charge in [-0.1, -0.05) is 36.7 Å². The molecule has 0 radical (unpaired) electrons. The molecule has 0 bridgehead atoms. The zero-order chi connectivity index (χ0) is 18.0. The maximum Gasteiger partial charge on any atom is 0.261 e. The van der Waals surface area contributed by atoms with Crippen LogP contribution in [0.2, 0.25) is 5.02 Å². The van der Waals surface area contributed by atoms with Gasteiger partial charge in [-0.25, -0.2) is 0 Å². The van der Waals surface area contributed by atoms with E-state index in [4.69, 9.17) is 17.3 Å². The van der Waals surface area contributed by atoms with E-state index in [1.807, 2.05) is 48.9 Å². The highest BCUT2D eigenvalue weighted by molar-refractivity contribution is 7.20. The number of nitrogens with two attached hydrogens (primary N) is 1. The number of rotatable bonds is 6. The zero-order valence-corrected chi connectivity index (χ0v) is 15.8. The molecule has 132 valence electrons. The summed E-state index contributed by atoms with van der Waals surface area (Å²) in [5.41, 5.74) is 7.51. The molecule has 1 unspecified atom stereocenters. The molecule has 5 nitrogen and oxygen atoms in total. The van der Waals surface area contributed by atoms with Gasteiger partial charge in [0.25, 0.3) is 5.91 Å². The van der Waals surface area contributed by atoms with Crippen molar-refractivity contribution in [2.24, 2.45) is 11.7 Å². The van der Waals surface area contributed by atoms with E-state index in [1.165, 1.54) is 11.3 Å². The molecule has 1 aromatic carbocycles. The number of amides is 1. The van der Waals surface area contributed by atoms with Gasteiger partial charge in [-0.15, -0.1) is 11.3 Å². The van der Waals surface area contributed by atoms with Crippen molar-refractivity contribution in [3.63, 3.8) is 0 Å². The van der Waals surface area contributed by atoms with Gasteiger partial charge < -0.3 is 11.1 Å². The Morgan fingerprint density at radius 1 is 1.44 bits per heavy atom. The summed E-state index contributed by atoms with van der Waals surface area (Å²) >= 11 is 7.71. The fourth-order valence-electron chi connectivity index (χ4n) is 2.56. The molecule has 0 aliphatic rings. The van der Waals surface area contributed by atoms with Gasteiger partial charge >= 0.3 is 0 Å². The molecule has 7 heteroatoms. The Labute approximate surface area is 155 Å². The van der Waals surface area contributed by atoms with E-state index >= 15 is 0 Å². The lowest BCUT2D eigenvalue weighted by molar-refractivity contribution is 0.0952. The van der Waals surface area contributed by atoms with Gasteiger partial charge in [-0.05, 0) is 37.1 Å². The summed E-state index contributed by atoms with van der Waals surface area (Å²) in [5.74, 6) is 0.195. The van der Waals surface area contributed by atoms with Gasteiger partial charge in [-0.2, -0.15) is 5.10 Å². The van der Waals surface area contributed by atoms with Crippen molar-refractivity contribution in [2.75, 3.05) is 13.1 Å². The first-order chi connectivity index (χ1) is 12.0. The summed E-state index contributed by atoms with van der Waals surface area (Å²) in [5, 5.41) is 9.26. The van der Waals surface area contributed by atoms with Crippen LogP contribution in [0.15, 0.2) is 30.3 Å². The van der Waals surface area contributed by atoms with Crippen molar-refractivity contribution < 1.29 is 4.79 Å². The molecule has 0 aliphatic carbocycles. The number of benzene rings is 1. The number of aromatic nitrogens is 2. The highest BCUT2D eigenvalue weighted by atomic mass is 35.5. The van der Waals surface area contributed by atoms with Crippen LogP contribution in [0.5, 0.6) is 0 Å². The molecule has 25 heavy (non-hydrogen) atoms. The van der Waals surface area contributed by atoms with Gasteiger partial charge in [0.15, 0.2) is 0 Å². The number of halogens is 1. The molecule has 0 saturated heterocycles. The first-order valence-corrected chi connectivity index (χ1v) is 9.37. The van der Waals surface area contributed by atoms with Crippen molar-refractivity contribution in [2.45, 2.75) is 20.4 Å². The Kier molecular flexibility index (Phi) is 5.42. The molecule has 3 rings (SSSR count). The molecule has 2 aromatic heterocycles. The second-order valence-electron chi connectivity index (χ2n) is 6.21. The Balaban J connectivity index is 1.86. The quantitative estimate of drug-likeness (QED) is 0.692. The monoisotopic (exact) mass is 376 g/mol. The number of nitrogens with one attached hydrogen (secondary N) is 1. The van der Waals surface area contributed by atoms with Crippen LogP contribution in [0.3, 0.4) is 0 Å². The van der Waals surface area contributed by atoms with Crippen molar-refractivity contribution >= 4 is 39.1 Å². The fraction of sp³-hybridized carbons (Fsp3) is 0.333. The predicted octanol–water partition coefficient (Wildman–Crippen LogP) is 3.43. The van der Waals surface area contributed by atoms with E-state index < -0.39 is 0 Å². The average Bonchev–Trinajstić information content (AvgIpc) is 3.16. The lowest BCUT2D eigenvalue weighted by atomic mass is 10.2. The minimum absolute atomic E-state index is 0.0646. The Morgan fingerprint density at radius 3 is 2.92 bits per heavy atom. The van der Waals surface area contributed by atoms with E-state index in [0.29, 0.717) is 29.5 Å². The average molecular weight is 377 g/mol. The summed E-state index contributed by atoms with van der Waals surface area (Å²) in [7, 11) is 0. The van der Waals surface area contributed by atoms with Gasteiger partial charge in [0.05, 0.1) is 17.1 Å². The van der Waals surface area contributed by atoms with Crippen LogP contribution >= 0.6 is 22.9 Å². The summed E-state index contributed by atoms with van der Waals surface area (Å²) in [6.45, 7) is 5.68. The Hall–Kier alpha value is -1.89. The van der Waals surface area contributed by atoms with Gasteiger partial charge in [0, 0.05) is 17.0 Å². The third-order valence-corrected chi connectivity index (χ3v) is 5.64. The maximum atomic E-state index is 12.4. The Morgan fingerprint density at radius 2 is 2.20 bits per heavy atom. The molecule has 1 amide bonds. The van der Waals surface area contributed by atoms with Crippen LogP contribution in [-0.2, 0) is 6.54 Å².